The molecule has 2 N–H and O–H groups in total. The van der Waals surface area contributed by atoms with Gasteiger partial charge in [-0.25, -0.2) is 9.97 Å². The number of hydrogen-bond acceptors (Lipinski definition) is 4. The van der Waals surface area contributed by atoms with Crippen molar-refractivity contribution in [3.63, 3.8) is 0 Å². The van der Waals surface area contributed by atoms with Crippen molar-refractivity contribution in [1.82, 2.24) is 9.97 Å². The molecule has 1 aromatic heterocycles. The van der Waals surface area contributed by atoms with Crippen LogP contribution in [0.15, 0.2) is 41.6 Å². The number of carbonyl (C=O) groups is 1. The van der Waals surface area contributed by atoms with E-state index in [1.54, 1.807) is 6.20 Å². The maximum Gasteiger partial charge on any atom is 0.232 e. The van der Waals surface area contributed by atoms with Gasteiger partial charge >= 0.3 is 0 Å². The second-order valence-electron chi connectivity index (χ2n) is 4.99. The van der Waals surface area contributed by atoms with E-state index < -0.39 is 5.41 Å². The second kappa shape index (κ2) is 4.90. The summed E-state index contributed by atoms with van der Waals surface area (Å²) in [6.07, 6.45) is 4.81. The Balaban J connectivity index is 2.09. The monoisotopic (exact) mass is 285 g/mol. The summed E-state index contributed by atoms with van der Waals surface area (Å²) < 4.78 is 0. The van der Waals surface area contributed by atoms with Crippen molar-refractivity contribution in [2.24, 2.45) is 5.73 Å². The molecular weight excluding hydrogens is 270 g/mol. The van der Waals surface area contributed by atoms with Crippen LogP contribution in [0.4, 0.5) is 0 Å². The van der Waals surface area contributed by atoms with Gasteiger partial charge in [0.15, 0.2) is 0 Å². The van der Waals surface area contributed by atoms with E-state index in [2.05, 4.69) is 9.97 Å². The standard InChI is InChI=1S/C15H15N3OS/c1-20-12-6-7-17-14(18-12)15(13(16)19)8-10-4-2-3-5-11(10)9-15/h2-7H,8-9H2,1H3,(H2,16,19). The Bertz CT molecular complexity index is 647. The van der Waals surface area contributed by atoms with Crippen molar-refractivity contribution in [2.75, 3.05) is 6.26 Å². The zero-order chi connectivity index (χ0) is 14.2. The minimum absolute atomic E-state index is 0.355. The highest BCUT2D eigenvalue weighted by atomic mass is 32.2. The van der Waals surface area contributed by atoms with Gasteiger partial charge in [-0.05, 0) is 36.3 Å². The smallest absolute Gasteiger partial charge is 0.232 e. The summed E-state index contributed by atoms with van der Waals surface area (Å²) in [5.74, 6) is 0.181. The molecule has 0 spiro atoms. The molecule has 20 heavy (non-hydrogen) atoms. The van der Waals surface area contributed by atoms with Crippen LogP contribution in [-0.4, -0.2) is 22.1 Å². The third-order valence-corrected chi connectivity index (χ3v) is 4.49. The number of nitrogens with zero attached hydrogens (tertiary/aromatic N) is 2. The summed E-state index contributed by atoms with van der Waals surface area (Å²) in [5, 5.41) is 0.853. The van der Waals surface area contributed by atoms with Crippen molar-refractivity contribution in [3.8, 4) is 0 Å². The van der Waals surface area contributed by atoms with E-state index in [9.17, 15) is 4.79 Å². The van der Waals surface area contributed by atoms with Gasteiger partial charge in [0.2, 0.25) is 5.91 Å². The van der Waals surface area contributed by atoms with Crippen molar-refractivity contribution < 1.29 is 4.79 Å². The topological polar surface area (TPSA) is 68.9 Å². The summed E-state index contributed by atoms with van der Waals surface area (Å²) >= 11 is 1.53. The zero-order valence-corrected chi connectivity index (χ0v) is 12.0. The fourth-order valence-corrected chi connectivity index (χ4v) is 3.12. The highest BCUT2D eigenvalue weighted by Gasteiger charge is 2.46. The molecule has 4 nitrogen and oxygen atoms in total. The third kappa shape index (κ3) is 1.98. The van der Waals surface area contributed by atoms with Crippen LogP contribution in [-0.2, 0) is 23.1 Å². The maximum atomic E-state index is 12.1. The summed E-state index contributed by atoms with van der Waals surface area (Å²) in [6.45, 7) is 0. The molecule has 0 radical (unpaired) electrons. The summed E-state index contributed by atoms with van der Waals surface area (Å²) in [5.41, 5.74) is 7.21. The van der Waals surface area contributed by atoms with E-state index in [0.29, 0.717) is 18.7 Å². The number of rotatable bonds is 3. The molecule has 1 aliphatic carbocycles. The first kappa shape index (κ1) is 13.1. The Hall–Kier alpha value is -1.88. The number of fused-ring (bicyclic) bond motifs is 1. The number of aromatic nitrogens is 2. The molecule has 0 bridgehead atoms. The molecule has 0 unspecified atom stereocenters. The van der Waals surface area contributed by atoms with Crippen LogP contribution in [0, 0.1) is 0 Å². The summed E-state index contributed by atoms with van der Waals surface area (Å²) in [6, 6.07) is 9.88. The zero-order valence-electron chi connectivity index (χ0n) is 11.2. The third-order valence-electron chi connectivity index (χ3n) is 3.84. The number of amides is 1. The van der Waals surface area contributed by atoms with Gasteiger partial charge in [0, 0.05) is 6.20 Å². The normalized spacial score (nSPS) is 15.8. The average Bonchev–Trinajstić information content (AvgIpc) is 2.88. The van der Waals surface area contributed by atoms with Crippen molar-refractivity contribution in [3.05, 3.63) is 53.5 Å². The summed E-state index contributed by atoms with van der Waals surface area (Å²) in [4.78, 5) is 20.9. The van der Waals surface area contributed by atoms with Crippen LogP contribution in [0.2, 0.25) is 0 Å². The summed E-state index contributed by atoms with van der Waals surface area (Å²) in [7, 11) is 0. The maximum absolute atomic E-state index is 12.1. The lowest BCUT2D eigenvalue weighted by molar-refractivity contribution is -0.123. The van der Waals surface area contributed by atoms with Crippen LogP contribution in [0.25, 0.3) is 0 Å². The first-order valence-corrected chi connectivity index (χ1v) is 7.62. The average molecular weight is 285 g/mol. The van der Waals surface area contributed by atoms with E-state index in [0.717, 1.165) is 16.2 Å². The van der Waals surface area contributed by atoms with Crippen LogP contribution in [0.3, 0.4) is 0 Å². The van der Waals surface area contributed by atoms with Crippen LogP contribution < -0.4 is 5.73 Å². The van der Waals surface area contributed by atoms with Gasteiger partial charge in [-0.2, -0.15) is 0 Å². The van der Waals surface area contributed by atoms with Gasteiger partial charge in [-0.3, -0.25) is 4.79 Å². The SMILES string of the molecule is CSc1ccnc(C2(C(N)=O)Cc3ccccc3C2)n1. The molecule has 0 atom stereocenters. The van der Waals surface area contributed by atoms with Gasteiger partial charge in [0.25, 0.3) is 0 Å². The molecule has 1 aliphatic rings. The molecule has 102 valence electrons. The van der Waals surface area contributed by atoms with E-state index in [1.165, 1.54) is 11.8 Å². The minimum atomic E-state index is -0.810. The highest BCUT2D eigenvalue weighted by Crippen LogP contribution is 2.38. The van der Waals surface area contributed by atoms with Crippen LogP contribution in [0.1, 0.15) is 17.0 Å². The molecule has 0 saturated heterocycles. The molecule has 2 aromatic rings. The van der Waals surface area contributed by atoms with Gasteiger partial charge in [0.1, 0.15) is 11.2 Å². The molecule has 1 aromatic carbocycles. The molecule has 0 fully saturated rings. The molecule has 0 aliphatic heterocycles. The molecule has 1 heterocycles. The van der Waals surface area contributed by atoms with E-state index in [1.807, 2.05) is 36.6 Å². The fraction of sp³-hybridized carbons (Fsp3) is 0.267. The Morgan fingerprint density at radius 3 is 2.45 bits per heavy atom. The number of benzene rings is 1. The number of nitrogens with two attached hydrogens (primary N) is 1. The van der Waals surface area contributed by atoms with E-state index in [-0.39, 0.29) is 5.91 Å². The van der Waals surface area contributed by atoms with E-state index >= 15 is 0 Å². The number of primary amides is 1. The lowest BCUT2D eigenvalue weighted by Crippen LogP contribution is -2.43. The van der Waals surface area contributed by atoms with Crippen molar-refractivity contribution in [1.29, 1.82) is 0 Å². The quantitative estimate of drug-likeness (QED) is 0.688. The number of carbonyl (C=O) groups excluding carboxylic acids is 1. The van der Waals surface area contributed by atoms with Gasteiger partial charge in [0.05, 0.1) is 5.03 Å². The van der Waals surface area contributed by atoms with Gasteiger partial charge in [-0.15, -0.1) is 11.8 Å². The predicted octanol–water partition coefficient (Wildman–Crippen LogP) is 1.72. The first-order valence-electron chi connectivity index (χ1n) is 6.40. The van der Waals surface area contributed by atoms with Crippen LogP contribution in [0.5, 0.6) is 0 Å². The Morgan fingerprint density at radius 1 is 1.25 bits per heavy atom. The predicted molar refractivity (Wildman–Crippen MR) is 78.5 cm³/mol. The number of thioether (sulfide) groups is 1. The Labute approximate surface area is 121 Å². The molecule has 1 amide bonds. The Morgan fingerprint density at radius 2 is 1.90 bits per heavy atom. The van der Waals surface area contributed by atoms with Crippen LogP contribution >= 0.6 is 11.8 Å². The van der Waals surface area contributed by atoms with Crippen molar-refractivity contribution >= 4 is 17.7 Å². The Kier molecular flexibility index (Phi) is 3.22. The lowest BCUT2D eigenvalue weighted by Gasteiger charge is -2.23. The molecular formula is C15H15N3OS. The number of hydrogen-bond donors (Lipinski definition) is 1. The highest BCUT2D eigenvalue weighted by molar-refractivity contribution is 7.98. The van der Waals surface area contributed by atoms with Gasteiger partial charge in [-0.1, -0.05) is 24.3 Å². The largest absolute Gasteiger partial charge is 0.369 e. The molecule has 3 rings (SSSR count). The lowest BCUT2D eigenvalue weighted by atomic mass is 9.83. The first-order chi connectivity index (χ1) is 9.65. The molecule has 0 saturated carbocycles. The molecule has 5 heteroatoms. The minimum Gasteiger partial charge on any atom is -0.369 e. The fourth-order valence-electron chi connectivity index (χ4n) is 2.74. The van der Waals surface area contributed by atoms with Gasteiger partial charge < -0.3 is 5.73 Å². The van der Waals surface area contributed by atoms with Crippen molar-refractivity contribution in [2.45, 2.75) is 23.3 Å². The van der Waals surface area contributed by atoms with E-state index in [4.69, 9.17) is 5.73 Å². The second-order valence-corrected chi connectivity index (χ2v) is 5.82.